The molecule has 0 aliphatic carbocycles. The molecule has 6 nitrogen and oxygen atoms in total. The van der Waals surface area contributed by atoms with Crippen LogP contribution in [0, 0.1) is 0 Å². The second-order valence-electron chi connectivity index (χ2n) is 6.58. The number of thioether (sulfide) groups is 1. The Morgan fingerprint density at radius 3 is 2.53 bits per heavy atom. The van der Waals surface area contributed by atoms with Gasteiger partial charge < -0.3 is 10.4 Å². The fraction of sp³-hybridized carbons (Fsp3) is 0.182. The zero-order chi connectivity index (χ0) is 21.7. The molecule has 1 heterocycles. The molecule has 0 bridgehead atoms. The number of aryl methyl sites for hydroxylation is 1. The Bertz CT molecular complexity index is 1030. The number of thiocarbonyl (C=S) groups is 1. The summed E-state index contributed by atoms with van der Waals surface area (Å²) in [6.07, 6.45) is 2.74. The number of amides is 2. The number of carboxylic acid groups (broad SMARTS) is 1. The van der Waals surface area contributed by atoms with Crippen LogP contribution in [-0.2, 0) is 16.0 Å². The Hall–Kier alpha value is -2.97. The van der Waals surface area contributed by atoms with E-state index in [1.807, 2.05) is 24.3 Å². The molecular formula is C22H20N2O4S2. The van der Waals surface area contributed by atoms with E-state index >= 15 is 0 Å². The van der Waals surface area contributed by atoms with Crippen molar-refractivity contribution < 1.29 is 19.5 Å². The number of para-hydroxylation sites is 1. The Kier molecular flexibility index (Phi) is 7.02. The zero-order valence-electron chi connectivity index (χ0n) is 16.3. The Morgan fingerprint density at radius 2 is 1.87 bits per heavy atom. The third kappa shape index (κ3) is 5.14. The van der Waals surface area contributed by atoms with Crippen molar-refractivity contribution in [2.75, 3.05) is 11.9 Å². The van der Waals surface area contributed by atoms with Gasteiger partial charge in [-0.05, 0) is 35.8 Å². The van der Waals surface area contributed by atoms with E-state index in [0.717, 1.165) is 12.0 Å². The molecule has 1 saturated heterocycles. The van der Waals surface area contributed by atoms with Crippen molar-refractivity contribution in [1.29, 1.82) is 0 Å². The van der Waals surface area contributed by atoms with Crippen molar-refractivity contribution >= 4 is 57.8 Å². The summed E-state index contributed by atoms with van der Waals surface area (Å²) in [6, 6.07) is 14.1. The van der Waals surface area contributed by atoms with E-state index in [4.69, 9.17) is 12.2 Å². The lowest BCUT2D eigenvalue weighted by Gasteiger charge is -2.14. The summed E-state index contributed by atoms with van der Waals surface area (Å²) < 4.78 is 0.398. The van der Waals surface area contributed by atoms with Crippen LogP contribution >= 0.6 is 24.0 Å². The number of nitrogens with zero attached hydrogens (tertiary/aromatic N) is 1. The predicted octanol–water partition coefficient (Wildman–Crippen LogP) is 4.18. The number of aromatic carboxylic acids is 1. The maximum Gasteiger partial charge on any atom is 0.337 e. The van der Waals surface area contributed by atoms with Crippen LogP contribution in [0.1, 0.15) is 34.8 Å². The zero-order valence-corrected chi connectivity index (χ0v) is 17.9. The van der Waals surface area contributed by atoms with Gasteiger partial charge in [0.25, 0.3) is 5.91 Å². The molecular weight excluding hydrogens is 420 g/mol. The first kappa shape index (κ1) is 21.7. The van der Waals surface area contributed by atoms with Gasteiger partial charge >= 0.3 is 5.97 Å². The fourth-order valence-electron chi connectivity index (χ4n) is 2.90. The van der Waals surface area contributed by atoms with Gasteiger partial charge in [-0.1, -0.05) is 67.3 Å². The topological polar surface area (TPSA) is 86.7 Å². The molecule has 1 fully saturated rings. The fourth-order valence-corrected chi connectivity index (χ4v) is 4.21. The highest BCUT2D eigenvalue weighted by atomic mass is 32.2. The van der Waals surface area contributed by atoms with Gasteiger partial charge in [0.2, 0.25) is 5.91 Å². The lowest BCUT2D eigenvalue weighted by Crippen LogP contribution is -2.31. The van der Waals surface area contributed by atoms with Gasteiger partial charge in [0.15, 0.2) is 0 Å². The van der Waals surface area contributed by atoms with E-state index < -0.39 is 11.9 Å². The maximum atomic E-state index is 12.7. The number of hydrogen-bond acceptors (Lipinski definition) is 5. The van der Waals surface area contributed by atoms with Crippen LogP contribution < -0.4 is 5.32 Å². The van der Waals surface area contributed by atoms with E-state index in [1.54, 1.807) is 18.2 Å². The van der Waals surface area contributed by atoms with Gasteiger partial charge in [-0.2, -0.15) is 0 Å². The maximum absolute atomic E-state index is 12.7. The molecule has 0 unspecified atom stereocenters. The normalized spacial score (nSPS) is 15.0. The van der Waals surface area contributed by atoms with Crippen LogP contribution in [-0.4, -0.2) is 38.7 Å². The van der Waals surface area contributed by atoms with Crippen molar-refractivity contribution in [3.63, 3.8) is 0 Å². The minimum absolute atomic E-state index is 0.00112. The van der Waals surface area contributed by atoms with E-state index in [9.17, 15) is 19.5 Å². The van der Waals surface area contributed by atoms with Crippen molar-refractivity contribution in [2.24, 2.45) is 0 Å². The van der Waals surface area contributed by atoms with E-state index in [0.29, 0.717) is 9.23 Å². The third-order valence-electron chi connectivity index (χ3n) is 4.55. The summed E-state index contributed by atoms with van der Waals surface area (Å²) >= 11 is 6.51. The summed E-state index contributed by atoms with van der Waals surface area (Å²) in [7, 11) is 0. The number of carbonyl (C=O) groups excluding carboxylic acids is 2. The van der Waals surface area contributed by atoms with E-state index in [1.165, 1.54) is 34.4 Å². The van der Waals surface area contributed by atoms with Gasteiger partial charge in [-0.3, -0.25) is 14.5 Å². The summed E-state index contributed by atoms with van der Waals surface area (Å²) in [5, 5.41) is 11.8. The number of rotatable bonds is 7. The molecule has 1 aliphatic heterocycles. The SMILES string of the molecule is CCc1ccc(/C=C2\SC(=S)N(CCC(=O)Nc3ccccc3C(=O)O)C2=O)cc1. The molecule has 0 radical (unpaired) electrons. The molecule has 1 aliphatic rings. The van der Waals surface area contributed by atoms with Crippen molar-refractivity contribution in [3.8, 4) is 0 Å². The molecule has 2 amide bonds. The van der Waals surface area contributed by atoms with Crippen LogP contribution in [0.2, 0.25) is 0 Å². The summed E-state index contributed by atoms with van der Waals surface area (Å²) in [6.45, 7) is 2.20. The summed E-state index contributed by atoms with van der Waals surface area (Å²) in [5.74, 6) is -1.75. The van der Waals surface area contributed by atoms with Gasteiger partial charge in [0.05, 0.1) is 16.2 Å². The molecule has 0 spiro atoms. The standard InChI is InChI=1S/C22H20N2O4S2/c1-2-14-7-9-15(10-8-14)13-18-20(26)24(22(29)30-18)12-11-19(25)23-17-6-4-3-5-16(17)21(27)28/h3-10,13H,2,11-12H2,1H3,(H,23,25)(H,27,28)/b18-13-. The van der Waals surface area contributed by atoms with Crippen molar-refractivity contribution in [3.05, 3.63) is 70.1 Å². The predicted molar refractivity (Wildman–Crippen MR) is 122 cm³/mol. The largest absolute Gasteiger partial charge is 0.478 e. The average Bonchev–Trinajstić information content (AvgIpc) is 2.99. The molecule has 0 aromatic heterocycles. The van der Waals surface area contributed by atoms with Crippen LogP contribution in [0.4, 0.5) is 5.69 Å². The smallest absolute Gasteiger partial charge is 0.337 e. The number of hydrogen-bond donors (Lipinski definition) is 2. The van der Waals surface area contributed by atoms with E-state index in [2.05, 4.69) is 12.2 Å². The Balaban J connectivity index is 1.62. The number of nitrogens with one attached hydrogen (secondary N) is 1. The minimum Gasteiger partial charge on any atom is -0.478 e. The lowest BCUT2D eigenvalue weighted by molar-refractivity contribution is -0.122. The third-order valence-corrected chi connectivity index (χ3v) is 5.93. The first-order valence-electron chi connectivity index (χ1n) is 9.35. The quantitative estimate of drug-likeness (QED) is 0.496. The van der Waals surface area contributed by atoms with Crippen LogP contribution in [0.5, 0.6) is 0 Å². The first-order valence-corrected chi connectivity index (χ1v) is 10.6. The molecule has 0 atom stereocenters. The molecule has 0 saturated carbocycles. The van der Waals surface area contributed by atoms with Crippen LogP contribution in [0.25, 0.3) is 6.08 Å². The molecule has 8 heteroatoms. The van der Waals surface area contributed by atoms with Gasteiger partial charge in [-0.15, -0.1) is 0 Å². The second kappa shape index (κ2) is 9.69. The monoisotopic (exact) mass is 440 g/mol. The highest BCUT2D eigenvalue weighted by Gasteiger charge is 2.32. The molecule has 3 rings (SSSR count). The molecule has 154 valence electrons. The van der Waals surface area contributed by atoms with Gasteiger partial charge in [-0.25, -0.2) is 4.79 Å². The number of carboxylic acids is 1. The number of carbonyl (C=O) groups is 3. The highest BCUT2D eigenvalue weighted by Crippen LogP contribution is 2.32. The highest BCUT2D eigenvalue weighted by molar-refractivity contribution is 8.26. The van der Waals surface area contributed by atoms with E-state index in [-0.39, 0.29) is 30.1 Å². The van der Waals surface area contributed by atoms with Gasteiger partial charge in [0.1, 0.15) is 4.32 Å². The Morgan fingerprint density at radius 1 is 1.17 bits per heavy atom. The average molecular weight is 441 g/mol. The summed E-state index contributed by atoms with van der Waals surface area (Å²) in [4.78, 5) is 38.1. The van der Waals surface area contributed by atoms with Crippen LogP contribution in [0.3, 0.4) is 0 Å². The molecule has 30 heavy (non-hydrogen) atoms. The minimum atomic E-state index is -1.13. The van der Waals surface area contributed by atoms with Crippen molar-refractivity contribution in [1.82, 2.24) is 4.90 Å². The van der Waals surface area contributed by atoms with Crippen molar-refractivity contribution in [2.45, 2.75) is 19.8 Å². The lowest BCUT2D eigenvalue weighted by atomic mass is 10.1. The summed E-state index contributed by atoms with van der Waals surface area (Å²) in [5.41, 5.74) is 2.36. The van der Waals surface area contributed by atoms with Gasteiger partial charge in [0, 0.05) is 13.0 Å². The second-order valence-corrected chi connectivity index (χ2v) is 8.25. The van der Waals surface area contributed by atoms with Crippen LogP contribution in [0.15, 0.2) is 53.4 Å². The molecule has 2 aromatic rings. The Labute approximate surface area is 184 Å². The molecule has 2 N–H and O–H groups in total. The first-order chi connectivity index (χ1) is 14.4. The number of benzene rings is 2. The molecule has 2 aromatic carbocycles. The number of anilines is 1.